The highest BCUT2D eigenvalue weighted by Crippen LogP contribution is 2.24. The maximum atomic E-state index is 6.11. The molecule has 1 aliphatic rings. The molecule has 0 radical (unpaired) electrons. The van der Waals surface area contributed by atoms with Crippen LogP contribution in [0.5, 0.6) is 0 Å². The third-order valence-corrected chi connectivity index (χ3v) is 5.83. The van der Waals surface area contributed by atoms with Crippen LogP contribution in [-0.2, 0) is 0 Å². The van der Waals surface area contributed by atoms with Crippen LogP contribution in [0.15, 0.2) is 46.2 Å². The van der Waals surface area contributed by atoms with Crippen LogP contribution >= 0.6 is 22.9 Å². The Hall–Kier alpha value is -1.89. The van der Waals surface area contributed by atoms with Gasteiger partial charge in [0.2, 0.25) is 0 Å². The lowest BCUT2D eigenvalue weighted by Crippen LogP contribution is -3.14. The number of rotatable bonds is 4. The fourth-order valence-corrected chi connectivity index (χ4v) is 4.07. The average molecular weight is 376 g/mol. The van der Waals surface area contributed by atoms with Crippen molar-refractivity contribution in [3.05, 3.63) is 52.7 Å². The molecule has 1 atom stereocenters. The van der Waals surface area contributed by atoms with Gasteiger partial charge in [0.15, 0.2) is 6.04 Å². The van der Waals surface area contributed by atoms with Crippen molar-refractivity contribution >= 4 is 28.6 Å². The highest BCUT2D eigenvalue weighted by atomic mass is 35.5. The molecular formula is C18H20ClN4OS+. The monoisotopic (exact) mass is 375 g/mol. The quantitative estimate of drug-likeness (QED) is 0.761. The fourth-order valence-electron chi connectivity index (χ4n) is 3.24. The molecule has 0 amide bonds. The van der Waals surface area contributed by atoms with Crippen molar-refractivity contribution in [2.45, 2.75) is 13.0 Å². The number of nitrogens with zero attached hydrogens (tertiary/aromatic N) is 3. The summed E-state index contributed by atoms with van der Waals surface area (Å²) in [7, 11) is 0. The minimum absolute atomic E-state index is 0.197. The lowest BCUT2D eigenvalue weighted by Gasteiger charge is -2.35. The molecule has 0 saturated carbocycles. The van der Waals surface area contributed by atoms with Crippen LogP contribution < -0.4 is 9.80 Å². The molecule has 5 nitrogen and oxygen atoms in total. The molecule has 3 heterocycles. The number of hydrogen-bond acceptors (Lipinski definition) is 5. The van der Waals surface area contributed by atoms with Gasteiger partial charge in [0.25, 0.3) is 11.8 Å². The standard InChI is InChI=1S/C18H19ClN4OS/c1-13(17-20-21-18(24-17)16-6-3-11-25-16)22-7-9-23(10-8-22)15-5-2-4-14(19)12-15/h2-6,11-13H,7-10H2,1H3/p+1/t13-/m0/s1. The van der Waals surface area contributed by atoms with E-state index in [0.29, 0.717) is 5.89 Å². The van der Waals surface area contributed by atoms with Crippen molar-refractivity contribution in [2.24, 2.45) is 0 Å². The topological polar surface area (TPSA) is 46.6 Å². The summed E-state index contributed by atoms with van der Waals surface area (Å²) in [6.07, 6.45) is 0. The van der Waals surface area contributed by atoms with Gasteiger partial charge in [-0.25, -0.2) is 0 Å². The number of quaternary nitrogens is 1. The summed E-state index contributed by atoms with van der Waals surface area (Å²) in [6.45, 7) is 6.21. The Morgan fingerprint density at radius 2 is 2.04 bits per heavy atom. The highest BCUT2D eigenvalue weighted by Gasteiger charge is 2.29. The summed E-state index contributed by atoms with van der Waals surface area (Å²) in [4.78, 5) is 4.87. The zero-order valence-electron chi connectivity index (χ0n) is 14.0. The van der Waals surface area contributed by atoms with E-state index in [9.17, 15) is 0 Å². The van der Waals surface area contributed by atoms with E-state index < -0.39 is 0 Å². The van der Waals surface area contributed by atoms with Crippen molar-refractivity contribution in [1.82, 2.24) is 10.2 Å². The van der Waals surface area contributed by atoms with Crippen LogP contribution in [0.1, 0.15) is 18.9 Å². The summed E-state index contributed by atoms with van der Waals surface area (Å²) in [5.41, 5.74) is 1.19. The molecule has 7 heteroatoms. The molecule has 4 rings (SSSR count). The van der Waals surface area contributed by atoms with Gasteiger partial charge in [0, 0.05) is 10.7 Å². The van der Waals surface area contributed by atoms with E-state index in [1.807, 2.05) is 35.7 Å². The number of aromatic nitrogens is 2. The Morgan fingerprint density at radius 3 is 2.76 bits per heavy atom. The number of nitrogens with one attached hydrogen (secondary N) is 1. The second kappa shape index (κ2) is 7.15. The second-order valence-electron chi connectivity index (χ2n) is 6.27. The first-order valence-corrected chi connectivity index (χ1v) is 9.69. The van der Waals surface area contributed by atoms with Crippen LogP contribution in [0.3, 0.4) is 0 Å². The van der Waals surface area contributed by atoms with E-state index in [4.69, 9.17) is 16.0 Å². The van der Waals surface area contributed by atoms with Gasteiger partial charge in [-0.2, -0.15) is 0 Å². The van der Waals surface area contributed by atoms with Gasteiger partial charge in [-0.05, 0) is 36.6 Å². The van der Waals surface area contributed by atoms with Crippen LogP contribution in [0.4, 0.5) is 5.69 Å². The summed E-state index contributed by atoms with van der Waals surface area (Å²) in [6, 6.07) is 12.3. The Balaban J connectivity index is 1.40. The lowest BCUT2D eigenvalue weighted by molar-refractivity contribution is -0.931. The highest BCUT2D eigenvalue weighted by molar-refractivity contribution is 7.13. The zero-order chi connectivity index (χ0) is 17.2. The number of piperazine rings is 1. The number of anilines is 1. The Morgan fingerprint density at radius 1 is 1.20 bits per heavy atom. The van der Waals surface area contributed by atoms with Crippen molar-refractivity contribution in [1.29, 1.82) is 0 Å². The van der Waals surface area contributed by atoms with Gasteiger partial charge in [-0.15, -0.1) is 21.5 Å². The van der Waals surface area contributed by atoms with E-state index in [-0.39, 0.29) is 6.04 Å². The van der Waals surface area contributed by atoms with E-state index in [2.05, 4.69) is 28.1 Å². The number of benzene rings is 1. The van der Waals surface area contributed by atoms with Gasteiger partial charge >= 0.3 is 0 Å². The summed E-state index contributed by atoms with van der Waals surface area (Å²) in [5, 5.41) is 11.3. The molecule has 1 N–H and O–H groups in total. The van der Waals surface area contributed by atoms with E-state index in [1.165, 1.54) is 10.6 Å². The largest absolute Gasteiger partial charge is 0.414 e. The molecule has 0 aliphatic carbocycles. The minimum atomic E-state index is 0.197. The SMILES string of the molecule is C[C@@H](c1nnc(-c2cccs2)o1)[NH+]1CCN(c2cccc(Cl)c2)CC1. The summed E-state index contributed by atoms with van der Waals surface area (Å²) < 4.78 is 5.91. The van der Waals surface area contributed by atoms with Crippen molar-refractivity contribution in [2.75, 3.05) is 31.1 Å². The number of halogens is 1. The molecule has 25 heavy (non-hydrogen) atoms. The molecule has 1 fully saturated rings. The molecule has 1 aromatic carbocycles. The molecule has 0 bridgehead atoms. The van der Waals surface area contributed by atoms with Gasteiger partial charge in [0.1, 0.15) is 0 Å². The normalized spacial score (nSPS) is 17.0. The van der Waals surface area contributed by atoms with Crippen LogP contribution in [0.25, 0.3) is 10.8 Å². The molecule has 0 unspecified atom stereocenters. The van der Waals surface area contributed by atoms with Crippen LogP contribution in [-0.4, -0.2) is 36.4 Å². The average Bonchev–Trinajstić information content (AvgIpc) is 3.32. The lowest BCUT2D eigenvalue weighted by atomic mass is 10.2. The molecule has 1 saturated heterocycles. The number of hydrogen-bond donors (Lipinski definition) is 1. The Bertz CT molecular complexity index is 827. The molecule has 3 aromatic rings. The first-order valence-electron chi connectivity index (χ1n) is 8.43. The Kier molecular flexibility index (Phi) is 4.74. The second-order valence-corrected chi connectivity index (χ2v) is 7.65. The molecule has 2 aromatic heterocycles. The molecule has 0 spiro atoms. The predicted octanol–water partition coefficient (Wildman–Crippen LogP) is 2.92. The predicted molar refractivity (Wildman–Crippen MR) is 100 cm³/mol. The number of thiophene rings is 1. The smallest absolute Gasteiger partial charge is 0.274 e. The summed E-state index contributed by atoms with van der Waals surface area (Å²) >= 11 is 7.72. The van der Waals surface area contributed by atoms with Crippen LogP contribution in [0.2, 0.25) is 5.02 Å². The van der Waals surface area contributed by atoms with E-state index in [0.717, 1.165) is 42.0 Å². The first kappa shape index (κ1) is 16.6. The van der Waals surface area contributed by atoms with Gasteiger partial charge < -0.3 is 14.2 Å². The van der Waals surface area contributed by atoms with Crippen molar-refractivity contribution in [3.63, 3.8) is 0 Å². The van der Waals surface area contributed by atoms with Gasteiger partial charge in [-0.1, -0.05) is 23.7 Å². The molecule has 130 valence electrons. The Labute approximate surface area is 155 Å². The maximum absolute atomic E-state index is 6.11. The first-order chi connectivity index (χ1) is 12.2. The third-order valence-electron chi connectivity index (χ3n) is 4.73. The molecule has 1 aliphatic heterocycles. The van der Waals surface area contributed by atoms with Gasteiger partial charge in [0.05, 0.1) is 31.1 Å². The fraction of sp³-hybridized carbons (Fsp3) is 0.333. The van der Waals surface area contributed by atoms with E-state index in [1.54, 1.807) is 11.3 Å². The maximum Gasteiger partial charge on any atom is 0.274 e. The summed E-state index contributed by atoms with van der Waals surface area (Å²) in [5.74, 6) is 1.34. The van der Waals surface area contributed by atoms with Gasteiger partial charge in [-0.3, -0.25) is 0 Å². The minimum Gasteiger partial charge on any atom is -0.414 e. The third kappa shape index (κ3) is 3.56. The van der Waals surface area contributed by atoms with Crippen molar-refractivity contribution < 1.29 is 9.32 Å². The van der Waals surface area contributed by atoms with Crippen LogP contribution in [0, 0.1) is 0 Å². The van der Waals surface area contributed by atoms with E-state index >= 15 is 0 Å². The molecular weight excluding hydrogens is 356 g/mol. The van der Waals surface area contributed by atoms with Crippen molar-refractivity contribution in [3.8, 4) is 10.8 Å². The zero-order valence-corrected chi connectivity index (χ0v) is 15.6.